The van der Waals surface area contributed by atoms with E-state index in [-0.39, 0.29) is 12.2 Å². The second kappa shape index (κ2) is 9.06. The van der Waals surface area contributed by atoms with Crippen molar-refractivity contribution in [3.63, 3.8) is 0 Å². The van der Waals surface area contributed by atoms with Crippen molar-refractivity contribution in [3.05, 3.63) is 71.0 Å². The van der Waals surface area contributed by atoms with Gasteiger partial charge in [0.2, 0.25) is 0 Å². The number of amides is 2. The van der Waals surface area contributed by atoms with Crippen LogP contribution in [-0.2, 0) is 6.54 Å². The third-order valence-corrected chi connectivity index (χ3v) is 5.87. The van der Waals surface area contributed by atoms with Crippen LogP contribution in [-0.4, -0.2) is 11.0 Å². The number of anilines is 3. The number of urea groups is 1. The maximum absolute atomic E-state index is 13.9. The Labute approximate surface area is 188 Å². The molecule has 0 atom stereocenters. The van der Waals surface area contributed by atoms with Crippen LogP contribution in [0.3, 0.4) is 0 Å². The lowest BCUT2D eigenvalue weighted by molar-refractivity contribution is 0.262. The lowest BCUT2D eigenvalue weighted by Crippen LogP contribution is -2.20. The van der Waals surface area contributed by atoms with Gasteiger partial charge in [0.05, 0.1) is 16.0 Å². The molecule has 0 aliphatic rings. The van der Waals surface area contributed by atoms with E-state index < -0.39 is 11.8 Å². The fourth-order valence-electron chi connectivity index (χ4n) is 3.32. The van der Waals surface area contributed by atoms with Crippen molar-refractivity contribution >= 4 is 44.6 Å². The second-order valence-electron chi connectivity index (χ2n) is 6.96. The number of aromatic nitrogens is 1. The van der Waals surface area contributed by atoms with E-state index in [1.807, 2.05) is 17.5 Å². The molecule has 2 heterocycles. The molecule has 2 aromatic heterocycles. The molecule has 4 rings (SSSR count). The first-order valence-corrected chi connectivity index (χ1v) is 10.6. The third-order valence-electron chi connectivity index (χ3n) is 4.85. The predicted octanol–water partition coefficient (Wildman–Crippen LogP) is 5.16. The molecule has 0 spiro atoms. The summed E-state index contributed by atoms with van der Waals surface area (Å²) in [7, 11) is 0. The summed E-state index contributed by atoms with van der Waals surface area (Å²) in [4.78, 5) is 16.6. The number of hydrogen-bond donors (Lipinski definition) is 4. The van der Waals surface area contributed by atoms with E-state index in [9.17, 15) is 9.18 Å². The lowest BCUT2D eigenvalue weighted by atomic mass is 10.0. The van der Waals surface area contributed by atoms with Gasteiger partial charge in [-0.2, -0.15) is 0 Å². The van der Waals surface area contributed by atoms with E-state index in [0.717, 1.165) is 32.3 Å². The van der Waals surface area contributed by atoms with Gasteiger partial charge in [0.15, 0.2) is 0 Å². The minimum atomic E-state index is -0.553. The Bertz CT molecular complexity index is 1370. The van der Waals surface area contributed by atoms with Crippen LogP contribution in [0, 0.1) is 17.7 Å². The highest BCUT2D eigenvalue weighted by molar-refractivity contribution is 7.18. The van der Waals surface area contributed by atoms with Gasteiger partial charge in [0.1, 0.15) is 11.6 Å². The summed E-state index contributed by atoms with van der Waals surface area (Å²) in [5.41, 5.74) is 15.8. The van der Waals surface area contributed by atoms with Gasteiger partial charge in [-0.25, -0.2) is 14.2 Å². The van der Waals surface area contributed by atoms with Crippen LogP contribution < -0.4 is 22.1 Å². The number of nitrogens with zero attached hydrogens (tertiary/aromatic N) is 1. The fourth-order valence-corrected chi connectivity index (χ4v) is 4.37. The first kappa shape index (κ1) is 21.3. The summed E-state index contributed by atoms with van der Waals surface area (Å²) in [6.45, 7) is 2.03. The Morgan fingerprint density at radius 3 is 2.69 bits per heavy atom. The molecule has 6 nitrogen and oxygen atoms in total. The van der Waals surface area contributed by atoms with Crippen LogP contribution in [0.1, 0.15) is 18.1 Å². The smallest absolute Gasteiger partial charge is 0.323 e. The number of rotatable bonds is 4. The Hall–Kier alpha value is -3.93. The summed E-state index contributed by atoms with van der Waals surface area (Å²) >= 11 is 1.56. The minimum Gasteiger partial charge on any atom is -0.383 e. The first-order valence-electron chi connectivity index (χ1n) is 9.75. The van der Waals surface area contributed by atoms with Crippen molar-refractivity contribution in [1.29, 1.82) is 0 Å². The maximum Gasteiger partial charge on any atom is 0.323 e. The van der Waals surface area contributed by atoms with E-state index in [2.05, 4.69) is 27.5 Å². The number of nitrogen functional groups attached to an aromatic ring is 1. The highest BCUT2D eigenvalue weighted by Crippen LogP contribution is 2.38. The number of nitrogens with one attached hydrogen (secondary N) is 2. The highest BCUT2D eigenvalue weighted by atomic mass is 32.1. The molecule has 0 bridgehead atoms. The average molecular weight is 446 g/mol. The van der Waals surface area contributed by atoms with E-state index in [0.29, 0.717) is 11.5 Å². The second-order valence-corrected chi connectivity index (χ2v) is 7.84. The standard InChI is InChI=1S/C24H20FN5OS/c1-2-3-16-12-28-23(27)21-18(13-32-22(16)21)15-5-7-17(8-6-15)29-24(31)30-20-10-14(11-26)4-9-19(20)25/h4-10,12-13H,11,26H2,1H3,(H2,27,28)(H2,29,30,31). The molecule has 0 saturated heterocycles. The molecule has 32 heavy (non-hydrogen) atoms. The number of thiophene rings is 1. The first-order chi connectivity index (χ1) is 15.5. The number of nitrogens with two attached hydrogens (primary N) is 2. The van der Waals surface area contributed by atoms with Crippen molar-refractivity contribution in [3.8, 4) is 23.0 Å². The molecule has 8 heteroatoms. The molecule has 6 N–H and O–H groups in total. The molecule has 0 saturated carbocycles. The summed E-state index contributed by atoms with van der Waals surface area (Å²) in [6.07, 6.45) is 1.69. The van der Waals surface area contributed by atoms with Gasteiger partial charge in [-0.1, -0.05) is 24.1 Å². The van der Waals surface area contributed by atoms with E-state index in [4.69, 9.17) is 11.5 Å². The number of halogens is 1. The summed E-state index contributed by atoms with van der Waals surface area (Å²) in [5.74, 6) is 5.87. The topological polar surface area (TPSA) is 106 Å². The van der Waals surface area contributed by atoms with Crippen LogP contribution >= 0.6 is 11.3 Å². The predicted molar refractivity (Wildman–Crippen MR) is 129 cm³/mol. The molecular weight excluding hydrogens is 425 g/mol. The molecule has 4 aromatic rings. The molecule has 0 aliphatic heterocycles. The average Bonchev–Trinajstić information content (AvgIpc) is 3.24. The van der Waals surface area contributed by atoms with Crippen LogP contribution in [0.15, 0.2) is 54.0 Å². The summed E-state index contributed by atoms with van der Waals surface area (Å²) in [5, 5.41) is 8.09. The molecule has 160 valence electrons. The molecule has 0 unspecified atom stereocenters. The van der Waals surface area contributed by atoms with Crippen LogP contribution in [0.25, 0.3) is 21.2 Å². The Morgan fingerprint density at radius 2 is 1.97 bits per heavy atom. The zero-order chi connectivity index (χ0) is 22.7. The quantitative estimate of drug-likeness (QED) is 0.326. The fraction of sp³-hybridized carbons (Fsp3) is 0.0833. The summed E-state index contributed by atoms with van der Waals surface area (Å²) in [6, 6.07) is 11.1. The minimum absolute atomic E-state index is 0.0702. The maximum atomic E-state index is 13.9. The monoisotopic (exact) mass is 445 g/mol. The molecule has 0 radical (unpaired) electrons. The number of hydrogen-bond acceptors (Lipinski definition) is 5. The molecule has 2 amide bonds. The van der Waals surface area contributed by atoms with Crippen molar-refractivity contribution in [2.24, 2.45) is 5.73 Å². The van der Waals surface area contributed by atoms with Gasteiger partial charge < -0.3 is 22.1 Å². The highest BCUT2D eigenvalue weighted by Gasteiger charge is 2.14. The van der Waals surface area contributed by atoms with Crippen LogP contribution in [0.4, 0.5) is 26.4 Å². The molecule has 0 aliphatic carbocycles. The zero-order valence-corrected chi connectivity index (χ0v) is 18.0. The van der Waals surface area contributed by atoms with Crippen molar-refractivity contribution in [2.75, 3.05) is 16.4 Å². The summed E-state index contributed by atoms with van der Waals surface area (Å²) < 4.78 is 14.9. The van der Waals surface area contributed by atoms with Crippen molar-refractivity contribution in [2.45, 2.75) is 13.5 Å². The Kier molecular flexibility index (Phi) is 6.03. The van der Waals surface area contributed by atoms with Gasteiger partial charge in [-0.15, -0.1) is 17.3 Å². The van der Waals surface area contributed by atoms with E-state index >= 15 is 0 Å². The zero-order valence-electron chi connectivity index (χ0n) is 17.2. The number of pyridine rings is 1. The van der Waals surface area contributed by atoms with Gasteiger partial charge in [0, 0.05) is 29.4 Å². The largest absolute Gasteiger partial charge is 0.383 e. The Balaban J connectivity index is 1.54. The van der Waals surface area contributed by atoms with Crippen molar-refractivity contribution in [1.82, 2.24) is 4.98 Å². The number of benzene rings is 2. The van der Waals surface area contributed by atoms with Gasteiger partial charge in [-0.3, -0.25) is 0 Å². The molecule has 0 fully saturated rings. The van der Waals surface area contributed by atoms with Gasteiger partial charge in [0.25, 0.3) is 0 Å². The van der Waals surface area contributed by atoms with E-state index in [1.54, 1.807) is 42.7 Å². The third kappa shape index (κ3) is 4.25. The Morgan fingerprint density at radius 1 is 1.19 bits per heavy atom. The van der Waals surface area contributed by atoms with Gasteiger partial charge in [-0.05, 0) is 47.7 Å². The van der Waals surface area contributed by atoms with Crippen LogP contribution in [0.2, 0.25) is 0 Å². The van der Waals surface area contributed by atoms with E-state index in [1.165, 1.54) is 12.1 Å². The van der Waals surface area contributed by atoms with Crippen LogP contribution in [0.5, 0.6) is 0 Å². The SMILES string of the molecule is CC#Cc1cnc(N)c2c(-c3ccc(NC(=O)Nc4cc(CN)ccc4F)cc3)csc12. The molecular formula is C24H20FN5OS. The number of carbonyl (C=O) groups excluding carboxylic acids is 1. The lowest BCUT2D eigenvalue weighted by Gasteiger charge is -2.10. The van der Waals surface area contributed by atoms with Crippen molar-refractivity contribution < 1.29 is 9.18 Å². The normalized spacial score (nSPS) is 10.5. The number of carbonyl (C=O) groups is 1. The number of fused-ring (bicyclic) bond motifs is 1. The molecule has 2 aromatic carbocycles. The van der Waals surface area contributed by atoms with Gasteiger partial charge >= 0.3 is 6.03 Å².